The van der Waals surface area contributed by atoms with Crippen molar-refractivity contribution in [1.82, 2.24) is 20.0 Å². The molecule has 0 aliphatic heterocycles. The molecule has 0 saturated heterocycles. The lowest BCUT2D eigenvalue weighted by molar-refractivity contribution is 0.0697. The molecule has 7 heteroatoms. The van der Waals surface area contributed by atoms with Gasteiger partial charge in [0.15, 0.2) is 0 Å². The lowest BCUT2D eigenvalue weighted by Crippen LogP contribution is -2.08. The van der Waals surface area contributed by atoms with E-state index in [0.29, 0.717) is 5.52 Å². The van der Waals surface area contributed by atoms with Crippen LogP contribution in [0.2, 0.25) is 0 Å². The van der Waals surface area contributed by atoms with Crippen LogP contribution in [0, 0.1) is 6.92 Å². The first-order valence-corrected chi connectivity index (χ1v) is 6.88. The molecule has 2 aromatic heterocycles. The van der Waals surface area contributed by atoms with Gasteiger partial charge in [0.25, 0.3) is 0 Å². The lowest BCUT2D eigenvalue weighted by Gasteiger charge is -2.09. The Morgan fingerprint density at radius 3 is 2.90 bits per heavy atom. The average Bonchev–Trinajstić information content (AvgIpc) is 3.03. The summed E-state index contributed by atoms with van der Waals surface area (Å²) < 4.78 is 1.76. The van der Waals surface area contributed by atoms with Gasteiger partial charge >= 0.3 is 5.97 Å². The van der Waals surface area contributed by atoms with Crippen LogP contribution >= 0.6 is 11.3 Å². The minimum atomic E-state index is -0.968. The number of benzene rings is 1. The van der Waals surface area contributed by atoms with Crippen LogP contribution in [-0.4, -0.2) is 31.1 Å². The predicted octanol–water partition coefficient (Wildman–Crippen LogP) is 2.50. The maximum absolute atomic E-state index is 10.9. The van der Waals surface area contributed by atoms with Gasteiger partial charge in [-0.05, 0) is 32.0 Å². The number of aromatic nitrogens is 4. The number of rotatable bonds is 3. The molecule has 0 aliphatic rings. The number of hydrogen-bond acceptors (Lipinski definition) is 5. The molecule has 102 valence electrons. The van der Waals surface area contributed by atoms with Gasteiger partial charge in [0.1, 0.15) is 16.6 Å². The molecule has 1 aromatic carbocycles. The number of carboxylic acids is 1. The van der Waals surface area contributed by atoms with E-state index in [1.807, 2.05) is 20.0 Å². The van der Waals surface area contributed by atoms with E-state index >= 15 is 0 Å². The van der Waals surface area contributed by atoms with Gasteiger partial charge in [-0.1, -0.05) is 5.21 Å². The summed E-state index contributed by atoms with van der Waals surface area (Å²) in [5, 5.41) is 18.1. The summed E-state index contributed by atoms with van der Waals surface area (Å²) in [5.41, 5.74) is 1.59. The summed E-state index contributed by atoms with van der Waals surface area (Å²) >= 11 is 1.62. The Labute approximate surface area is 118 Å². The quantitative estimate of drug-likeness (QED) is 0.801. The zero-order chi connectivity index (χ0) is 14.3. The first-order valence-electron chi connectivity index (χ1n) is 6.07. The summed E-state index contributed by atoms with van der Waals surface area (Å²) in [7, 11) is 0. The van der Waals surface area contributed by atoms with Crippen LogP contribution in [-0.2, 0) is 0 Å². The summed E-state index contributed by atoms with van der Waals surface area (Å²) in [4.78, 5) is 16.4. The second kappa shape index (κ2) is 4.68. The third-order valence-corrected chi connectivity index (χ3v) is 4.16. The first-order chi connectivity index (χ1) is 9.56. The van der Waals surface area contributed by atoms with E-state index in [2.05, 4.69) is 15.3 Å². The standard InChI is InChI=1S/C13H12N4O2S/c1-7-6-14-12(20-7)8(2)17-11-4-3-9(13(18)19)5-10(11)15-16-17/h3-6,8H,1-2H3,(H,18,19). The number of carbonyl (C=O) groups is 1. The highest BCUT2D eigenvalue weighted by Crippen LogP contribution is 2.25. The fraction of sp³-hybridized carbons (Fsp3) is 0.231. The third kappa shape index (κ3) is 2.05. The van der Waals surface area contributed by atoms with Crippen LogP contribution in [0.4, 0.5) is 0 Å². The summed E-state index contributed by atoms with van der Waals surface area (Å²) in [6.07, 6.45) is 1.83. The van der Waals surface area contributed by atoms with Gasteiger partial charge in [-0.2, -0.15) is 0 Å². The topological polar surface area (TPSA) is 80.9 Å². The van der Waals surface area contributed by atoms with Gasteiger partial charge < -0.3 is 5.11 Å². The number of aryl methyl sites for hydroxylation is 1. The van der Waals surface area contributed by atoms with Gasteiger partial charge in [-0.25, -0.2) is 14.5 Å². The minimum Gasteiger partial charge on any atom is -0.478 e. The van der Waals surface area contributed by atoms with E-state index < -0.39 is 5.97 Å². The monoisotopic (exact) mass is 288 g/mol. The van der Waals surface area contributed by atoms with Gasteiger partial charge in [0.05, 0.1) is 11.1 Å². The number of aromatic carboxylic acids is 1. The number of nitrogens with zero attached hydrogens (tertiary/aromatic N) is 4. The predicted molar refractivity (Wildman–Crippen MR) is 75.2 cm³/mol. The molecule has 1 N–H and O–H groups in total. The zero-order valence-corrected chi connectivity index (χ0v) is 11.8. The van der Waals surface area contributed by atoms with Crippen molar-refractivity contribution in [2.75, 3.05) is 0 Å². The van der Waals surface area contributed by atoms with E-state index in [0.717, 1.165) is 15.4 Å². The summed E-state index contributed by atoms with van der Waals surface area (Å²) in [5.74, 6) is -0.968. The van der Waals surface area contributed by atoms with Crippen LogP contribution in [0.5, 0.6) is 0 Å². The summed E-state index contributed by atoms with van der Waals surface area (Å²) in [6.45, 7) is 4.00. The van der Waals surface area contributed by atoms with Gasteiger partial charge in [0.2, 0.25) is 0 Å². The van der Waals surface area contributed by atoms with Crippen molar-refractivity contribution in [2.45, 2.75) is 19.9 Å². The number of fused-ring (bicyclic) bond motifs is 1. The molecule has 0 amide bonds. The Morgan fingerprint density at radius 1 is 1.45 bits per heavy atom. The van der Waals surface area contributed by atoms with E-state index in [1.165, 1.54) is 6.07 Å². The van der Waals surface area contributed by atoms with Crippen molar-refractivity contribution in [3.8, 4) is 0 Å². The Bertz CT molecular complexity index is 793. The van der Waals surface area contributed by atoms with Crippen LogP contribution in [0.25, 0.3) is 11.0 Å². The van der Waals surface area contributed by atoms with Crippen molar-refractivity contribution >= 4 is 28.3 Å². The zero-order valence-electron chi connectivity index (χ0n) is 10.9. The molecule has 2 heterocycles. The largest absolute Gasteiger partial charge is 0.478 e. The van der Waals surface area contributed by atoms with Crippen LogP contribution in [0.1, 0.15) is 33.2 Å². The molecule has 0 aliphatic carbocycles. The maximum Gasteiger partial charge on any atom is 0.335 e. The summed E-state index contributed by atoms with van der Waals surface area (Å²) in [6, 6.07) is 4.79. The Balaban J connectivity index is 2.06. The van der Waals surface area contributed by atoms with Crippen LogP contribution in [0.15, 0.2) is 24.4 Å². The second-order valence-electron chi connectivity index (χ2n) is 4.53. The lowest BCUT2D eigenvalue weighted by atomic mass is 10.2. The highest BCUT2D eigenvalue weighted by molar-refractivity contribution is 7.11. The molecule has 0 radical (unpaired) electrons. The fourth-order valence-electron chi connectivity index (χ4n) is 2.03. The molecule has 0 bridgehead atoms. The Kier molecular flexibility index (Phi) is 2.98. The van der Waals surface area contributed by atoms with Gasteiger partial charge in [-0.3, -0.25) is 0 Å². The number of carboxylic acid groups (broad SMARTS) is 1. The van der Waals surface area contributed by atoms with Crippen molar-refractivity contribution in [3.63, 3.8) is 0 Å². The van der Waals surface area contributed by atoms with Crippen molar-refractivity contribution in [2.24, 2.45) is 0 Å². The van der Waals surface area contributed by atoms with Crippen molar-refractivity contribution < 1.29 is 9.90 Å². The number of hydrogen-bond donors (Lipinski definition) is 1. The molecule has 1 atom stereocenters. The molecule has 6 nitrogen and oxygen atoms in total. The third-order valence-electron chi connectivity index (χ3n) is 3.08. The SMILES string of the molecule is Cc1cnc(C(C)n2nnc3cc(C(=O)O)ccc32)s1. The molecule has 3 rings (SSSR count). The van der Waals surface area contributed by atoms with E-state index in [9.17, 15) is 4.79 Å². The van der Waals surface area contributed by atoms with E-state index in [4.69, 9.17) is 5.11 Å². The fourth-order valence-corrected chi connectivity index (χ4v) is 2.84. The Hall–Kier alpha value is -2.28. The van der Waals surface area contributed by atoms with Gasteiger partial charge in [-0.15, -0.1) is 16.4 Å². The van der Waals surface area contributed by atoms with Crippen LogP contribution < -0.4 is 0 Å². The Morgan fingerprint density at radius 2 is 2.25 bits per heavy atom. The maximum atomic E-state index is 10.9. The molecule has 1 unspecified atom stereocenters. The molecule has 20 heavy (non-hydrogen) atoms. The van der Waals surface area contributed by atoms with Gasteiger partial charge in [0, 0.05) is 11.1 Å². The molecule has 3 aromatic rings. The first kappa shape index (κ1) is 12.7. The average molecular weight is 288 g/mol. The number of thiazole rings is 1. The van der Waals surface area contributed by atoms with Crippen LogP contribution in [0.3, 0.4) is 0 Å². The molecule has 0 spiro atoms. The molecule has 0 fully saturated rings. The van der Waals surface area contributed by atoms with Crippen molar-refractivity contribution in [1.29, 1.82) is 0 Å². The minimum absolute atomic E-state index is 0.0330. The second-order valence-corrected chi connectivity index (χ2v) is 5.79. The smallest absolute Gasteiger partial charge is 0.335 e. The van der Waals surface area contributed by atoms with Crippen molar-refractivity contribution in [3.05, 3.63) is 39.8 Å². The van der Waals surface area contributed by atoms with E-state index in [-0.39, 0.29) is 11.6 Å². The van der Waals surface area contributed by atoms with E-state index in [1.54, 1.807) is 28.2 Å². The normalized spacial score (nSPS) is 12.7. The molecular weight excluding hydrogens is 276 g/mol. The molecular formula is C13H12N4O2S. The molecule has 0 saturated carbocycles. The highest BCUT2D eigenvalue weighted by Gasteiger charge is 2.17. The highest BCUT2D eigenvalue weighted by atomic mass is 32.1.